The Morgan fingerprint density at radius 2 is 2.10 bits per heavy atom. The lowest BCUT2D eigenvalue weighted by Crippen LogP contribution is -2.29. The summed E-state index contributed by atoms with van der Waals surface area (Å²) in [6.07, 6.45) is 2.64. The van der Waals surface area contributed by atoms with E-state index in [-0.39, 0.29) is 5.91 Å². The van der Waals surface area contributed by atoms with E-state index in [1.54, 1.807) is 11.1 Å². The van der Waals surface area contributed by atoms with Crippen molar-refractivity contribution in [2.45, 2.75) is 6.42 Å². The summed E-state index contributed by atoms with van der Waals surface area (Å²) in [5, 5.41) is 0. The Morgan fingerprint density at radius 1 is 1.35 bits per heavy atom. The molecule has 0 unspecified atom stereocenters. The molecular formula is C14H20N4OS. The van der Waals surface area contributed by atoms with Crippen molar-refractivity contribution in [3.8, 4) is 0 Å². The maximum atomic E-state index is 12.4. The number of thiophene rings is 1. The van der Waals surface area contributed by atoms with Gasteiger partial charge in [0.05, 0.1) is 10.4 Å². The summed E-state index contributed by atoms with van der Waals surface area (Å²) >= 11 is 1.41. The lowest BCUT2D eigenvalue weighted by Gasteiger charge is -2.18. The van der Waals surface area contributed by atoms with E-state index < -0.39 is 0 Å². The minimum absolute atomic E-state index is 0.0238. The van der Waals surface area contributed by atoms with Gasteiger partial charge < -0.3 is 15.5 Å². The van der Waals surface area contributed by atoms with E-state index in [1.807, 2.05) is 33.3 Å². The van der Waals surface area contributed by atoms with Gasteiger partial charge in [0.1, 0.15) is 10.4 Å². The van der Waals surface area contributed by atoms with Crippen LogP contribution in [0.15, 0.2) is 18.3 Å². The lowest BCUT2D eigenvalue weighted by molar-refractivity contribution is 0.0796. The van der Waals surface area contributed by atoms with Crippen molar-refractivity contribution in [2.24, 2.45) is 0 Å². The normalized spacial score (nSPS) is 11.2. The fourth-order valence-electron chi connectivity index (χ4n) is 2.01. The molecule has 0 aliphatic heterocycles. The molecule has 2 aromatic rings. The van der Waals surface area contributed by atoms with Crippen LogP contribution >= 0.6 is 11.3 Å². The topological polar surface area (TPSA) is 62.5 Å². The van der Waals surface area contributed by atoms with Gasteiger partial charge in [-0.1, -0.05) is 0 Å². The summed E-state index contributed by atoms with van der Waals surface area (Å²) in [5.74, 6) is -0.0238. The maximum absolute atomic E-state index is 12.4. The van der Waals surface area contributed by atoms with Crippen LogP contribution < -0.4 is 5.73 Å². The summed E-state index contributed by atoms with van der Waals surface area (Å²) in [5.41, 5.74) is 7.27. The van der Waals surface area contributed by atoms with Gasteiger partial charge in [0.2, 0.25) is 0 Å². The van der Waals surface area contributed by atoms with Crippen molar-refractivity contribution in [3.05, 3.63) is 23.2 Å². The van der Waals surface area contributed by atoms with Crippen LogP contribution in [0.1, 0.15) is 16.1 Å². The second-order valence-electron chi connectivity index (χ2n) is 5.08. The number of rotatable bonds is 5. The van der Waals surface area contributed by atoms with Crippen LogP contribution in [0.2, 0.25) is 0 Å². The average molecular weight is 292 g/mol. The number of hydrogen-bond donors (Lipinski definition) is 1. The molecule has 108 valence electrons. The Morgan fingerprint density at radius 3 is 2.75 bits per heavy atom. The van der Waals surface area contributed by atoms with E-state index in [0.29, 0.717) is 10.6 Å². The van der Waals surface area contributed by atoms with Crippen LogP contribution in [-0.2, 0) is 0 Å². The number of fused-ring (bicyclic) bond motifs is 1. The van der Waals surface area contributed by atoms with E-state index in [1.165, 1.54) is 11.3 Å². The molecule has 0 spiro atoms. The number of nitrogens with zero attached hydrogens (tertiary/aromatic N) is 3. The zero-order valence-electron chi connectivity index (χ0n) is 12.1. The van der Waals surface area contributed by atoms with Crippen LogP contribution in [-0.4, -0.2) is 54.9 Å². The molecular weight excluding hydrogens is 272 g/mol. The highest BCUT2D eigenvalue weighted by molar-refractivity contribution is 7.21. The second kappa shape index (κ2) is 6.19. The van der Waals surface area contributed by atoms with Crippen molar-refractivity contribution in [2.75, 3.05) is 40.0 Å². The Labute approximate surface area is 123 Å². The number of nitrogen functional groups attached to an aromatic ring is 1. The third kappa shape index (κ3) is 3.08. The van der Waals surface area contributed by atoms with Gasteiger partial charge >= 0.3 is 0 Å². The molecule has 0 fully saturated rings. The monoisotopic (exact) mass is 292 g/mol. The van der Waals surface area contributed by atoms with Gasteiger partial charge in [0.25, 0.3) is 5.91 Å². The second-order valence-corrected chi connectivity index (χ2v) is 6.13. The van der Waals surface area contributed by atoms with Crippen molar-refractivity contribution in [1.29, 1.82) is 0 Å². The predicted octanol–water partition coefficient (Wildman–Crippen LogP) is 1.90. The molecule has 2 aromatic heterocycles. The fraction of sp³-hybridized carbons (Fsp3) is 0.429. The fourth-order valence-corrected chi connectivity index (χ4v) is 3.08. The highest BCUT2D eigenvalue weighted by Crippen LogP contribution is 2.32. The molecule has 6 heteroatoms. The van der Waals surface area contributed by atoms with E-state index in [2.05, 4.69) is 9.88 Å². The predicted molar refractivity (Wildman–Crippen MR) is 84.2 cm³/mol. The number of anilines is 1. The number of aromatic nitrogens is 1. The highest BCUT2D eigenvalue weighted by atomic mass is 32.1. The van der Waals surface area contributed by atoms with Gasteiger partial charge in [-0.25, -0.2) is 0 Å². The molecule has 2 rings (SSSR count). The zero-order chi connectivity index (χ0) is 14.7. The number of pyridine rings is 1. The van der Waals surface area contributed by atoms with Gasteiger partial charge in [-0.05, 0) is 39.2 Å². The number of carbonyl (C=O) groups is 1. The Bertz CT molecular complexity index is 608. The van der Waals surface area contributed by atoms with E-state index in [4.69, 9.17) is 5.73 Å². The molecule has 0 aromatic carbocycles. The van der Waals surface area contributed by atoms with Crippen molar-refractivity contribution in [3.63, 3.8) is 0 Å². The molecule has 0 atom stereocenters. The Kier molecular flexibility index (Phi) is 4.57. The molecule has 2 heterocycles. The summed E-state index contributed by atoms with van der Waals surface area (Å²) in [6.45, 7) is 1.68. The smallest absolute Gasteiger partial charge is 0.265 e. The van der Waals surface area contributed by atoms with Crippen molar-refractivity contribution < 1.29 is 4.79 Å². The molecule has 5 nitrogen and oxygen atoms in total. The third-order valence-corrected chi connectivity index (χ3v) is 4.27. The third-order valence-electron chi connectivity index (χ3n) is 3.12. The minimum atomic E-state index is -0.0238. The summed E-state index contributed by atoms with van der Waals surface area (Å²) < 4.78 is 0.954. The molecule has 2 N–H and O–H groups in total. The van der Waals surface area contributed by atoms with Crippen LogP contribution in [0, 0.1) is 0 Å². The van der Waals surface area contributed by atoms with Crippen LogP contribution in [0.25, 0.3) is 10.2 Å². The summed E-state index contributed by atoms with van der Waals surface area (Å²) in [7, 11) is 5.87. The van der Waals surface area contributed by atoms with Gasteiger partial charge in [-0.15, -0.1) is 11.3 Å². The standard InChI is InChI=1S/C14H20N4OS/c1-17(2)8-5-9-18(3)14(19)13-11(15)12-10(20-13)6-4-7-16-12/h4,6-7H,5,8-9,15H2,1-3H3. The van der Waals surface area contributed by atoms with Gasteiger partial charge in [0, 0.05) is 19.8 Å². The van der Waals surface area contributed by atoms with Crippen molar-refractivity contribution >= 4 is 33.1 Å². The van der Waals surface area contributed by atoms with Gasteiger partial charge in [0.15, 0.2) is 0 Å². The Balaban J connectivity index is 2.12. The van der Waals surface area contributed by atoms with E-state index in [0.717, 1.165) is 29.7 Å². The first-order valence-electron chi connectivity index (χ1n) is 6.54. The first-order valence-corrected chi connectivity index (χ1v) is 7.35. The van der Waals surface area contributed by atoms with Gasteiger partial charge in [-0.2, -0.15) is 0 Å². The summed E-state index contributed by atoms with van der Waals surface area (Å²) in [6, 6.07) is 3.79. The zero-order valence-corrected chi connectivity index (χ0v) is 12.9. The van der Waals surface area contributed by atoms with Crippen molar-refractivity contribution in [1.82, 2.24) is 14.8 Å². The number of carbonyl (C=O) groups excluding carboxylic acids is 1. The van der Waals surface area contributed by atoms with Crippen LogP contribution in [0.4, 0.5) is 5.69 Å². The quantitative estimate of drug-likeness (QED) is 0.914. The first-order chi connectivity index (χ1) is 9.50. The average Bonchev–Trinajstić information content (AvgIpc) is 2.75. The van der Waals surface area contributed by atoms with Crippen LogP contribution in [0.5, 0.6) is 0 Å². The SMILES string of the molecule is CN(C)CCCN(C)C(=O)c1sc2cccnc2c1N. The molecule has 0 radical (unpaired) electrons. The number of amides is 1. The van der Waals surface area contributed by atoms with Crippen LogP contribution in [0.3, 0.4) is 0 Å². The molecule has 0 saturated heterocycles. The van der Waals surface area contributed by atoms with Gasteiger partial charge in [-0.3, -0.25) is 9.78 Å². The molecule has 0 aliphatic rings. The molecule has 0 bridgehead atoms. The first kappa shape index (κ1) is 14.7. The molecule has 0 aliphatic carbocycles. The number of nitrogens with two attached hydrogens (primary N) is 1. The minimum Gasteiger partial charge on any atom is -0.396 e. The van der Waals surface area contributed by atoms with E-state index in [9.17, 15) is 4.79 Å². The highest BCUT2D eigenvalue weighted by Gasteiger charge is 2.20. The summed E-state index contributed by atoms with van der Waals surface area (Å²) in [4.78, 5) is 21.1. The van der Waals surface area contributed by atoms with E-state index >= 15 is 0 Å². The lowest BCUT2D eigenvalue weighted by atomic mass is 10.3. The maximum Gasteiger partial charge on any atom is 0.265 e. The number of hydrogen-bond acceptors (Lipinski definition) is 5. The molecule has 20 heavy (non-hydrogen) atoms. The molecule has 1 amide bonds. The molecule has 0 saturated carbocycles. The Hall–Kier alpha value is -1.66. The largest absolute Gasteiger partial charge is 0.396 e.